The number of rotatable bonds is 7. The van der Waals surface area contributed by atoms with Gasteiger partial charge in [0.05, 0.1) is 22.9 Å². The van der Waals surface area contributed by atoms with Crippen LogP contribution in [0.4, 0.5) is 5.69 Å². The Labute approximate surface area is 179 Å². The van der Waals surface area contributed by atoms with Crippen LogP contribution in [0, 0.1) is 3.57 Å². The van der Waals surface area contributed by atoms with Crippen LogP contribution in [0.5, 0.6) is 0 Å². The first-order valence-corrected chi connectivity index (χ1v) is 13.0. The van der Waals surface area contributed by atoms with E-state index in [1.165, 1.54) is 12.1 Å². The number of hydrogen-bond acceptors (Lipinski definition) is 5. The van der Waals surface area contributed by atoms with Crippen molar-refractivity contribution in [2.24, 2.45) is 0 Å². The molecule has 1 amide bonds. The second kappa shape index (κ2) is 8.78. The maximum Gasteiger partial charge on any atom is 0.241 e. The van der Waals surface area contributed by atoms with Gasteiger partial charge in [-0.2, -0.15) is 0 Å². The molecular weight excluding hydrogens is 515 g/mol. The van der Waals surface area contributed by atoms with Crippen molar-refractivity contribution < 1.29 is 21.6 Å². The zero-order valence-electron chi connectivity index (χ0n) is 15.6. The second-order valence-electron chi connectivity index (χ2n) is 6.38. The third kappa shape index (κ3) is 6.17. The van der Waals surface area contributed by atoms with Crippen molar-refractivity contribution in [2.75, 3.05) is 23.4 Å². The summed E-state index contributed by atoms with van der Waals surface area (Å²) in [5, 5.41) is 2.74. The van der Waals surface area contributed by atoms with E-state index in [4.69, 9.17) is 0 Å². The minimum atomic E-state index is -3.64. The number of halogens is 1. The van der Waals surface area contributed by atoms with Gasteiger partial charge in [-0.15, -0.1) is 0 Å². The third-order valence-electron chi connectivity index (χ3n) is 3.99. The minimum Gasteiger partial charge on any atom is -0.348 e. The Morgan fingerprint density at radius 2 is 1.54 bits per heavy atom. The molecule has 2 aromatic rings. The first kappa shape index (κ1) is 22.6. The lowest BCUT2D eigenvalue weighted by Crippen LogP contribution is -2.41. The summed E-state index contributed by atoms with van der Waals surface area (Å²) in [5.74, 6) is -0.469. The zero-order valence-corrected chi connectivity index (χ0v) is 19.4. The number of amides is 1. The fourth-order valence-corrected chi connectivity index (χ4v) is 4.36. The molecule has 0 radical (unpaired) electrons. The standard InChI is InChI=1S/C18H21IN2O5S2/c1-13(14-4-10-17(11-5-14)27(2,23)24)20-18(22)12-21(28(3,25)26)16-8-6-15(19)7-9-16/h4-11,13H,12H2,1-3H3,(H,20,22)/t13-/m1/s1. The van der Waals surface area contributed by atoms with Crippen molar-refractivity contribution in [3.8, 4) is 0 Å². The molecule has 0 saturated carbocycles. The molecule has 0 aliphatic carbocycles. The Morgan fingerprint density at radius 1 is 1.00 bits per heavy atom. The summed E-state index contributed by atoms with van der Waals surface area (Å²) >= 11 is 2.11. The Bertz CT molecular complexity index is 1050. The molecule has 0 unspecified atom stereocenters. The Morgan fingerprint density at radius 3 is 2.00 bits per heavy atom. The smallest absolute Gasteiger partial charge is 0.241 e. The van der Waals surface area contributed by atoms with Gasteiger partial charge in [-0.1, -0.05) is 12.1 Å². The van der Waals surface area contributed by atoms with Crippen molar-refractivity contribution in [2.45, 2.75) is 17.9 Å². The molecule has 2 rings (SSSR count). The number of anilines is 1. The van der Waals surface area contributed by atoms with Crippen LogP contribution in [0.1, 0.15) is 18.5 Å². The van der Waals surface area contributed by atoms with E-state index in [1.54, 1.807) is 43.3 Å². The molecule has 10 heteroatoms. The molecular formula is C18H21IN2O5S2. The van der Waals surface area contributed by atoms with Crippen molar-refractivity contribution in [3.05, 3.63) is 57.7 Å². The highest BCUT2D eigenvalue weighted by Gasteiger charge is 2.22. The van der Waals surface area contributed by atoms with E-state index >= 15 is 0 Å². The van der Waals surface area contributed by atoms with Crippen LogP contribution in [-0.4, -0.2) is 41.8 Å². The van der Waals surface area contributed by atoms with Gasteiger partial charge in [0.2, 0.25) is 15.9 Å². The van der Waals surface area contributed by atoms with Crippen molar-refractivity contribution in [1.29, 1.82) is 0 Å². The number of sulfonamides is 1. The summed E-state index contributed by atoms with van der Waals surface area (Å²) in [7, 11) is -6.94. The van der Waals surface area contributed by atoms with E-state index in [1.807, 2.05) is 0 Å². The molecule has 152 valence electrons. The summed E-state index contributed by atoms with van der Waals surface area (Å²) < 4.78 is 49.3. The number of nitrogens with zero attached hydrogens (tertiary/aromatic N) is 1. The van der Waals surface area contributed by atoms with Crippen LogP contribution in [-0.2, 0) is 24.7 Å². The van der Waals surface area contributed by atoms with Crippen molar-refractivity contribution in [1.82, 2.24) is 5.32 Å². The van der Waals surface area contributed by atoms with E-state index in [0.29, 0.717) is 11.3 Å². The molecule has 1 atom stereocenters. The van der Waals surface area contributed by atoms with E-state index in [-0.39, 0.29) is 11.4 Å². The number of hydrogen-bond donors (Lipinski definition) is 1. The predicted molar refractivity (Wildman–Crippen MR) is 117 cm³/mol. The van der Waals surface area contributed by atoms with Crippen LogP contribution >= 0.6 is 22.6 Å². The highest BCUT2D eigenvalue weighted by molar-refractivity contribution is 14.1. The maximum absolute atomic E-state index is 12.4. The van der Waals surface area contributed by atoms with Gasteiger partial charge in [0.1, 0.15) is 6.54 Å². The molecule has 2 aromatic carbocycles. The lowest BCUT2D eigenvalue weighted by molar-refractivity contribution is -0.120. The quantitative estimate of drug-likeness (QED) is 0.548. The predicted octanol–water partition coefficient (Wildman–Crippen LogP) is 2.34. The molecule has 0 aromatic heterocycles. The van der Waals surface area contributed by atoms with E-state index < -0.39 is 31.8 Å². The lowest BCUT2D eigenvalue weighted by atomic mass is 10.1. The van der Waals surface area contributed by atoms with Gasteiger partial charge in [-0.3, -0.25) is 9.10 Å². The molecule has 0 saturated heterocycles. The van der Waals surface area contributed by atoms with Gasteiger partial charge in [-0.05, 0) is 71.5 Å². The average Bonchev–Trinajstić information content (AvgIpc) is 2.59. The van der Waals surface area contributed by atoms with E-state index in [9.17, 15) is 21.6 Å². The molecule has 0 spiro atoms. The maximum atomic E-state index is 12.4. The van der Waals surface area contributed by atoms with Crippen molar-refractivity contribution in [3.63, 3.8) is 0 Å². The van der Waals surface area contributed by atoms with Crippen LogP contribution in [0.25, 0.3) is 0 Å². The third-order valence-corrected chi connectivity index (χ3v) is 6.98. The zero-order chi connectivity index (χ0) is 21.1. The number of benzene rings is 2. The van der Waals surface area contributed by atoms with Gasteiger partial charge < -0.3 is 5.32 Å². The number of carbonyl (C=O) groups is 1. The van der Waals surface area contributed by atoms with Crippen LogP contribution in [0.2, 0.25) is 0 Å². The van der Waals surface area contributed by atoms with Crippen LogP contribution in [0.15, 0.2) is 53.4 Å². The molecule has 0 heterocycles. The molecule has 0 aliphatic rings. The monoisotopic (exact) mass is 536 g/mol. The average molecular weight is 536 g/mol. The largest absolute Gasteiger partial charge is 0.348 e. The highest BCUT2D eigenvalue weighted by Crippen LogP contribution is 2.20. The lowest BCUT2D eigenvalue weighted by Gasteiger charge is -2.23. The van der Waals surface area contributed by atoms with E-state index in [2.05, 4.69) is 27.9 Å². The first-order valence-electron chi connectivity index (χ1n) is 8.20. The Balaban J connectivity index is 2.13. The summed E-state index contributed by atoms with van der Waals surface area (Å²) in [4.78, 5) is 12.6. The van der Waals surface area contributed by atoms with Gasteiger partial charge >= 0.3 is 0 Å². The topological polar surface area (TPSA) is 101 Å². The van der Waals surface area contributed by atoms with Crippen LogP contribution < -0.4 is 9.62 Å². The molecule has 1 N–H and O–H groups in total. The number of sulfone groups is 1. The SMILES string of the molecule is C[C@@H](NC(=O)CN(c1ccc(I)cc1)S(C)(=O)=O)c1ccc(S(C)(=O)=O)cc1. The fourth-order valence-electron chi connectivity index (χ4n) is 2.51. The molecule has 0 aliphatic heterocycles. The summed E-state index contributed by atoms with van der Waals surface area (Å²) in [6.45, 7) is 1.38. The number of nitrogens with one attached hydrogen (secondary N) is 1. The van der Waals surface area contributed by atoms with Gasteiger partial charge in [-0.25, -0.2) is 16.8 Å². The van der Waals surface area contributed by atoms with Gasteiger partial charge in [0.15, 0.2) is 9.84 Å². The van der Waals surface area contributed by atoms with E-state index in [0.717, 1.165) is 20.4 Å². The minimum absolute atomic E-state index is 0.191. The normalized spacial score (nSPS) is 13.0. The van der Waals surface area contributed by atoms with Crippen molar-refractivity contribution >= 4 is 54.0 Å². The Kier molecular flexibility index (Phi) is 7.10. The van der Waals surface area contributed by atoms with Gasteiger partial charge in [0.25, 0.3) is 0 Å². The fraction of sp³-hybridized carbons (Fsp3) is 0.278. The summed E-state index contributed by atoms with van der Waals surface area (Å²) in [5.41, 5.74) is 1.11. The second-order valence-corrected chi connectivity index (χ2v) is 11.5. The van der Waals surface area contributed by atoms with Gasteiger partial charge in [0, 0.05) is 9.83 Å². The first-order chi connectivity index (χ1) is 12.9. The molecule has 0 fully saturated rings. The number of carbonyl (C=O) groups excluding carboxylic acids is 1. The summed E-state index contributed by atoms with van der Waals surface area (Å²) in [6, 6.07) is 12.6. The molecule has 7 nitrogen and oxygen atoms in total. The summed E-state index contributed by atoms with van der Waals surface area (Å²) in [6.07, 6.45) is 2.17. The molecule has 0 bridgehead atoms. The van der Waals surface area contributed by atoms with Crippen LogP contribution in [0.3, 0.4) is 0 Å². The molecule has 28 heavy (non-hydrogen) atoms. The Hall–Kier alpha value is -1.66. The highest BCUT2D eigenvalue weighted by atomic mass is 127.